The van der Waals surface area contributed by atoms with E-state index in [2.05, 4.69) is 10.3 Å². The smallest absolute Gasteiger partial charge is 0.343 e. The fourth-order valence-corrected chi connectivity index (χ4v) is 1.07. The van der Waals surface area contributed by atoms with Crippen molar-refractivity contribution in [3.63, 3.8) is 0 Å². The molecule has 3 N–H and O–H groups in total. The molecular formula is C7H13N3O. The van der Waals surface area contributed by atoms with Crippen LogP contribution < -0.4 is 11.1 Å². The number of hydrogen-bond donors (Lipinski definition) is 2. The summed E-state index contributed by atoms with van der Waals surface area (Å²) >= 11 is 0. The molecule has 0 aliphatic carbocycles. The van der Waals surface area contributed by atoms with Crippen molar-refractivity contribution in [3.05, 3.63) is 0 Å². The van der Waals surface area contributed by atoms with Gasteiger partial charge in [-0.2, -0.15) is 4.99 Å². The van der Waals surface area contributed by atoms with E-state index >= 15 is 0 Å². The summed E-state index contributed by atoms with van der Waals surface area (Å²) in [7, 11) is 0. The van der Waals surface area contributed by atoms with E-state index in [4.69, 9.17) is 5.73 Å². The van der Waals surface area contributed by atoms with Crippen molar-refractivity contribution in [2.45, 2.75) is 26.8 Å². The number of aliphatic imine (C=N–C) groups is 1. The molecule has 0 saturated carbocycles. The van der Waals surface area contributed by atoms with Crippen LogP contribution in [0, 0.1) is 5.41 Å². The Bertz CT molecular complexity index is 214. The molecule has 0 bridgehead atoms. The average Bonchev–Trinajstić information content (AvgIpc) is 2.08. The first-order valence-electron chi connectivity index (χ1n) is 3.56. The van der Waals surface area contributed by atoms with Gasteiger partial charge in [0.25, 0.3) is 0 Å². The summed E-state index contributed by atoms with van der Waals surface area (Å²) in [5.74, 6) is 0.391. The van der Waals surface area contributed by atoms with Crippen LogP contribution in [0.3, 0.4) is 0 Å². The van der Waals surface area contributed by atoms with Crippen LogP contribution in [-0.2, 0) is 0 Å². The van der Waals surface area contributed by atoms with Gasteiger partial charge in [-0.1, -0.05) is 20.8 Å². The molecule has 0 saturated heterocycles. The minimum Gasteiger partial charge on any atom is -0.385 e. The standard InChI is InChI=1S/C7H13N3O/c1-7(2,3)4-5(8)10-6(11)9-4/h4H,1-3H3,(H3,8,9,10,11). The Kier molecular flexibility index (Phi) is 1.62. The zero-order valence-electron chi connectivity index (χ0n) is 7.01. The first-order chi connectivity index (χ1) is 4.91. The highest BCUT2D eigenvalue weighted by molar-refractivity contribution is 6.03. The molecule has 0 radical (unpaired) electrons. The summed E-state index contributed by atoms with van der Waals surface area (Å²) in [6.45, 7) is 6.02. The number of amidine groups is 1. The Labute approximate surface area is 65.9 Å². The lowest BCUT2D eigenvalue weighted by molar-refractivity contribution is 0.243. The van der Waals surface area contributed by atoms with E-state index in [1.807, 2.05) is 20.8 Å². The molecule has 11 heavy (non-hydrogen) atoms. The summed E-state index contributed by atoms with van der Waals surface area (Å²) in [5.41, 5.74) is 5.47. The quantitative estimate of drug-likeness (QED) is 0.534. The van der Waals surface area contributed by atoms with Gasteiger partial charge in [0.15, 0.2) is 0 Å². The number of amides is 2. The fourth-order valence-electron chi connectivity index (χ4n) is 1.07. The second kappa shape index (κ2) is 2.22. The van der Waals surface area contributed by atoms with Gasteiger partial charge in [-0.3, -0.25) is 0 Å². The third-order valence-electron chi connectivity index (χ3n) is 1.66. The van der Waals surface area contributed by atoms with Crippen LogP contribution in [0.5, 0.6) is 0 Å². The zero-order chi connectivity index (χ0) is 8.65. The molecule has 62 valence electrons. The van der Waals surface area contributed by atoms with Crippen LogP contribution >= 0.6 is 0 Å². The summed E-state index contributed by atoms with van der Waals surface area (Å²) in [6, 6.07) is -0.447. The van der Waals surface area contributed by atoms with Gasteiger partial charge in [-0.25, -0.2) is 4.79 Å². The molecule has 1 aliphatic heterocycles. The molecule has 1 heterocycles. The molecule has 0 fully saturated rings. The lowest BCUT2D eigenvalue weighted by Crippen LogP contribution is -2.45. The minimum absolute atomic E-state index is 0.0558. The molecule has 1 aliphatic rings. The Morgan fingerprint density at radius 2 is 2.09 bits per heavy atom. The summed E-state index contributed by atoms with van der Waals surface area (Å²) < 4.78 is 0. The first kappa shape index (κ1) is 8.04. The molecular weight excluding hydrogens is 142 g/mol. The first-order valence-corrected chi connectivity index (χ1v) is 3.56. The van der Waals surface area contributed by atoms with E-state index in [9.17, 15) is 4.79 Å². The summed E-state index contributed by atoms with van der Waals surface area (Å²) in [4.78, 5) is 14.3. The Balaban J connectivity index is 2.80. The number of carbonyl (C=O) groups excluding carboxylic acids is 1. The molecule has 0 aromatic heterocycles. The number of urea groups is 1. The van der Waals surface area contributed by atoms with E-state index in [1.54, 1.807) is 0 Å². The van der Waals surface area contributed by atoms with Crippen LogP contribution in [0.15, 0.2) is 4.99 Å². The molecule has 0 aromatic rings. The molecule has 4 heteroatoms. The maximum Gasteiger partial charge on any atom is 0.343 e. The lowest BCUT2D eigenvalue weighted by Gasteiger charge is -2.25. The van der Waals surface area contributed by atoms with Crippen molar-refractivity contribution in [2.75, 3.05) is 0 Å². The Morgan fingerprint density at radius 3 is 2.27 bits per heavy atom. The fraction of sp³-hybridized carbons (Fsp3) is 0.714. The minimum atomic E-state index is -0.331. The number of rotatable bonds is 0. The normalized spacial score (nSPS) is 24.8. The maximum absolute atomic E-state index is 10.7. The van der Waals surface area contributed by atoms with E-state index < -0.39 is 0 Å². The maximum atomic E-state index is 10.7. The highest BCUT2D eigenvalue weighted by Gasteiger charge is 2.33. The van der Waals surface area contributed by atoms with Gasteiger partial charge in [0.2, 0.25) is 0 Å². The number of nitrogens with zero attached hydrogens (tertiary/aromatic N) is 1. The summed E-state index contributed by atoms with van der Waals surface area (Å²) in [6.07, 6.45) is 0. The molecule has 2 amide bonds. The highest BCUT2D eigenvalue weighted by atomic mass is 16.2. The molecule has 0 aromatic carbocycles. The van der Waals surface area contributed by atoms with Crippen molar-refractivity contribution in [2.24, 2.45) is 16.1 Å². The topological polar surface area (TPSA) is 67.5 Å². The largest absolute Gasteiger partial charge is 0.385 e. The van der Waals surface area contributed by atoms with Gasteiger partial charge < -0.3 is 11.1 Å². The highest BCUT2D eigenvalue weighted by Crippen LogP contribution is 2.21. The van der Waals surface area contributed by atoms with Crippen molar-refractivity contribution >= 4 is 11.9 Å². The van der Waals surface area contributed by atoms with Gasteiger partial charge in [-0.15, -0.1) is 0 Å². The van der Waals surface area contributed by atoms with Gasteiger partial charge in [0, 0.05) is 0 Å². The van der Waals surface area contributed by atoms with Gasteiger partial charge in [0.05, 0.1) is 6.04 Å². The zero-order valence-corrected chi connectivity index (χ0v) is 7.01. The third-order valence-corrected chi connectivity index (χ3v) is 1.66. The van der Waals surface area contributed by atoms with Crippen molar-refractivity contribution < 1.29 is 4.79 Å². The van der Waals surface area contributed by atoms with Crippen molar-refractivity contribution in [3.8, 4) is 0 Å². The van der Waals surface area contributed by atoms with Gasteiger partial charge in [-0.05, 0) is 5.41 Å². The van der Waals surface area contributed by atoms with Crippen LogP contribution in [0.2, 0.25) is 0 Å². The van der Waals surface area contributed by atoms with Crippen LogP contribution in [0.25, 0.3) is 0 Å². The SMILES string of the molecule is CC(C)(C)C1NC(=O)N=C1N. The molecule has 1 rings (SSSR count). The summed E-state index contributed by atoms with van der Waals surface area (Å²) in [5, 5.41) is 2.68. The van der Waals surface area contributed by atoms with E-state index in [0.717, 1.165) is 0 Å². The van der Waals surface area contributed by atoms with Gasteiger partial charge >= 0.3 is 6.03 Å². The molecule has 0 spiro atoms. The molecule has 1 unspecified atom stereocenters. The van der Waals surface area contributed by atoms with E-state index in [0.29, 0.717) is 5.84 Å². The molecule has 1 atom stereocenters. The lowest BCUT2D eigenvalue weighted by atomic mass is 9.86. The monoisotopic (exact) mass is 155 g/mol. The van der Waals surface area contributed by atoms with E-state index in [1.165, 1.54) is 0 Å². The van der Waals surface area contributed by atoms with Crippen LogP contribution in [-0.4, -0.2) is 17.9 Å². The Morgan fingerprint density at radius 1 is 1.55 bits per heavy atom. The third kappa shape index (κ3) is 1.50. The van der Waals surface area contributed by atoms with Crippen LogP contribution in [0.1, 0.15) is 20.8 Å². The van der Waals surface area contributed by atoms with E-state index in [-0.39, 0.29) is 17.5 Å². The number of hydrogen-bond acceptors (Lipinski definition) is 2. The second-order valence-corrected chi connectivity index (χ2v) is 3.79. The second-order valence-electron chi connectivity index (χ2n) is 3.79. The Hall–Kier alpha value is -1.06. The van der Waals surface area contributed by atoms with Crippen molar-refractivity contribution in [1.29, 1.82) is 0 Å². The average molecular weight is 155 g/mol. The predicted octanol–water partition coefficient (Wildman–Crippen LogP) is 0.482. The predicted molar refractivity (Wildman–Crippen MR) is 43.4 cm³/mol. The molecule has 4 nitrogen and oxygen atoms in total. The van der Waals surface area contributed by atoms with Crippen LogP contribution in [0.4, 0.5) is 4.79 Å². The van der Waals surface area contributed by atoms with Crippen molar-refractivity contribution in [1.82, 2.24) is 5.32 Å². The van der Waals surface area contributed by atoms with Gasteiger partial charge in [0.1, 0.15) is 5.84 Å². The number of nitrogens with two attached hydrogens (primary N) is 1. The number of carbonyl (C=O) groups is 1. The number of nitrogens with one attached hydrogen (secondary N) is 1.